The fourth-order valence-corrected chi connectivity index (χ4v) is 2.22. The molecule has 0 unspecified atom stereocenters. The summed E-state index contributed by atoms with van der Waals surface area (Å²) in [6.45, 7) is 4.41. The van der Waals surface area contributed by atoms with Gasteiger partial charge in [0.15, 0.2) is 0 Å². The maximum Gasteiger partial charge on any atom is 0.253 e. The van der Waals surface area contributed by atoms with Crippen LogP contribution in [0.4, 0.5) is 0 Å². The van der Waals surface area contributed by atoms with Crippen molar-refractivity contribution in [3.05, 3.63) is 50.3 Å². The van der Waals surface area contributed by atoms with Gasteiger partial charge in [-0.05, 0) is 19.9 Å². The molecule has 0 spiro atoms. The van der Waals surface area contributed by atoms with Gasteiger partial charge in [-0.3, -0.25) is 4.79 Å². The fraction of sp³-hybridized carbons (Fsp3) is 0.273. The average Bonchev–Trinajstić information content (AvgIpc) is 2.59. The van der Waals surface area contributed by atoms with Gasteiger partial charge in [-0.1, -0.05) is 6.07 Å². The van der Waals surface area contributed by atoms with E-state index in [1.165, 1.54) is 0 Å². The first-order valence-corrected chi connectivity index (χ1v) is 5.56. The minimum atomic E-state index is 0.0727. The highest BCUT2D eigenvalue weighted by Gasteiger charge is 2.02. The monoisotopic (exact) mass is 220 g/mol. The Morgan fingerprint density at radius 1 is 1.47 bits per heavy atom. The van der Waals surface area contributed by atoms with Gasteiger partial charge in [-0.25, -0.2) is 4.98 Å². The highest BCUT2D eigenvalue weighted by atomic mass is 32.1. The lowest BCUT2D eigenvalue weighted by atomic mass is 10.3. The molecule has 4 heteroatoms. The molecule has 0 amide bonds. The molecule has 0 aliphatic carbocycles. The zero-order valence-electron chi connectivity index (χ0n) is 8.73. The van der Waals surface area contributed by atoms with Crippen molar-refractivity contribution in [3.8, 4) is 0 Å². The lowest BCUT2D eigenvalue weighted by molar-refractivity contribution is 0.761. The van der Waals surface area contributed by atoms with Gasteiger partial charge in [0.25, 0.3) is 5.56 Å². The molecule has 2 aromatic rings. The van der Waals surface area contributed by atoms with Gasteiger partial charge in [0.05, 0.1) is 11.6 Å². The van der Waals surface area contributed by atoms with Gasteiger partial charge in [0, 0.05) is 22.8 Å². The second kappa shape index (κ2) is 3.98. The van der Waals surface area contributed by atoms with E-state index >= 15 is 0 Å². The van der Waals surface area contributed by atoms with E-state index < -0.39 is 0 Å². The van der Waals surface area contributed by atoms with Gasteiger partial charge < -0.3 is 4.57 Å². The number of hydrogen-bond donors (Lipinski definition) is 0. The summed E-state index contributed by atoms with van der Waals surface area (Å²) in [6.07, 6.45) is 3.64. The van der Waals surface area contributed by atoms with E-state index in [0.717, 1.165) is 15.4 Å². The summed E-state index contributed by atoms with van der Waals surface area (Å²) in [5.41, 5.74) is 0.849. The molecule has 0 aliphatic rings. The molecule has 2 rings (SSSR count). The third kappa shape index (κ3) is 2.15. The lowest BCUT2D eigenvalue weighted by Crippen LogP contribution is -2.21. The molecule has 0 fully saturated rings. The Bertz CT molecular complexity index is 527. The first-order valence-electron chi connectivity index (χ1n) is 4.74. The van der Waals surface area contributed by atoms with Crippen LogP contribution in [-0.2, 0) is 6.54 Å². The van der Waals surface area contributed by atoms with Crippen LogP contribution in [0.3, 0.4) is 0 Å². The number of rotatable bonds is 2. The van der Waals surface area contributed by atoms with Gasteiger partial charge in [-0.15, -0.1) is 11.3 Å². The van der Waals surface area contributed by atoms with Gasteiger partial charge in [-0.2, -0.15) is 0 Å². The van der Waals surface area contributed by atoms with Crippen LogP contribution in [-0.4, -0.2) is 9.55 Å². The van der Waals surface area contributed by atoms with Crippen molar-refractivity contribution in [1.82, 2.24) is 9.55 Å². The number of aromatic nitrogens is 2. The summed E-state index contributed by atoms with van der Waals surface area (Å²) < 4.78 is 1.71. The molecule has 0 radical (unpaired) electrons. The molecule has 0 saturated carbocycles. The molecule has 2 aromatic heterocycles. The highest BCUT2D eigenvalue weighted by Crippen LogP contribution is 2.12. The Hall–Kier alpha value is -1.42. The molecule has 3 nitrogen and oxygen atoms in total. The molecule has 78 valence electrons. The molecule has 15 heavy (non-hydrogen) atoms. The number of nitrogens with zero attached hydrogens (tertiary/aromatic N) is 2. The van der Waals surface area contributed by atoms with Crippen LogP contribution in [0, 0.1) is 13.8 Å². The normalized spacial score (nSPS) is 10.5. The molecule has 0 aliphatic heterocycles. The zero-order chi connectivity index (χ0) is 10.8. The summed E-state index contributed by atoms with van der Waals surface area (Å²) >= 11 is 1.63. The second-order valence-corrected chi connectivity index (χ2v) is 4.79. The standard InChI is InChI=1S/C11H12N2OS/c1-8-4-3-5-13(11(8)14)7-10-6-12-9(2)15-10/h3-6H,7H2,1-2H3. The average molecular weight is 220 g/mol. The van der Waals surface area contributed by atoms with Crippen LogP contribution in [0.25, 0.3) is 0 Å². The van der Waals surface area contributed by atoms with Crippen molar-refractivity contribution in [1.29, 1.82) is 0 Å². The van der Waals surface area contributed by atoms with E-state index in [2.05, 4.69) is 4.98 Å². The van der Waals surface area contributed by atoms with Crippen LogP contribution >= 0.6 is 11.3 Å². The first-order chi connectivity index (χ1) is 7.16. The van der Waals surface area contributed by atoms with E-state index in [9.17, 15) is 4.79 Å². The number of aryl methyl sites for hydroxylation is 2. The van der Waals surface area contributed by atoms with E-state index in [-0.39, 0.29) is 5.56 Å². The highest BCUT2D eigenvalue weighted by molar-refractivity contribution is 7.11. The molecule has 0 atom stereocenters. The van der Waals surface area contributed by atoms with E-state index in [1.807, 2.05) is 38.4 Å². The van der Waals surface area contributed by atoms with Crippen LogP contribution in [0.2, 0.25) is 0 Å². The maximum atomic E-state index is 11.7. The third-order valence-electron chi connectivity index (χ3n) is 2.21. The van der Waals surface area contributed by atoms with Crippen molar-refractivity contribution in [2.45, 2.75) is 20.4 Å². The van der Waals surface area contributed by atoms with E-state index in [1.54, 1.807) is 15.9 Å². The Kier molecular flexibility index (Phi) is 2.68. The number of pyridine rings is 1. The van der Waals surface area contributed by atoms with Crippen molar-refractivity contribution >= 4 is 11.3 Å². The Morgan fingerprint density at radius 2 is 2.27 bits per heavy atom. The molecular weight excluding hydrogens is 208 g/mol. The quantitative estimate of drug-likeness (QED) is 0.775. The van der Waals surface area contributed by atoms with Gasteiger partial charge >= 0.3 is 0 Å². The number of hydrogen-bond acceptors (Lipinski definition) is 3. The predicted octanol–water partition coefficient (Wildman–Crippen LogP) is 1.97. The van der Waals surface area contributed by atoms with Crippen LogP contribution in [0.5, 0.6) is 0 Å². The lowest BCUT2D eigenvalue weighted by Gasteiger charge is -2.03. The van der Waals surface area contributed by atoms with E-state index in [4.69, 9.17) is 0 Å². The minimum Gasteiger partial charge on any atom is -0.310 e. The third-order valence-corrected chi connectivity index (χ3v) is 3.10. The SMILES string of the molecule is Cc1ncc(Cn2cccc(C)c2=O)s1. The summed E-state index contributed by atoms with van der Waals surface area (Å²) in [5, 5.41) is 1.03. The molecule has 0 saturated heterocycles. The van der Waals surface area contributed by atoms with Crippen LogP contribution < -0.4 is 5.56 Å². The largest absolute Gasteiger partial charge is 0.310 e. The van der Waals surface area contributed by atoms with Crippen molar-refractivity contribution < 1.29 is 0 Å². The van der Waals surface area contributed by atoms with Crippen LogP contribution in [0.15, 0.2) is 29.3 Å². The number of thiazole rings is 1. The molecule has 0 N–H and O–H groups in total. The minimum absolute atomic E-state index is 0.0727. The molecular formula is C11H12N2OS. The first kappa shape index (κ1) is 10.1. The summed E-state index contributed by atoms with van der Waals surface area (Å²) in [4.78, 5) is 17.0. The zero-order valence-corrected chi connectivity index (χ0v) is 9.54. The molecule has 0 aromatic carbocycles. The maximum absolute atomic E-state index is 11.7. The van der Waals surface area contributed by atoms with Crippen molar-refractivity contribution in [3.63, 3.8) is 0 Å². The summed E-state index contributed by atoms with van der Waals surface area (Å²) in [5.74, 6) is 0. The molecule has 0 bridgehead atoms. The Balaban J connectivity index is 2.32. The van der Waals surface area contributed by atoms with E-state index in [0.29, 0.717) is 6.54 Å². The smallest absolute Gasteiger partial charge is 0.253 e. The van der Waals surface area contributed by atoms with Gasteiger partial charge in [0.1, 0.15) is 0 Å². The van der Waals surface area contributed by atoms with Gasteiger partial charge in [0.2, 0.25) is 0 Å². The molecule has 2 heterocycles. The topological polar surface area (TPSA) is 34.9 Å². The summed E-state index contributed by atoms with van der Waals surface area (Å²) in [7, 11) is 0. The second-order valence-electron chi connectivity index (χ2n) is 3.47. The summed E-state index contributed by atoms with van der Waals surface area (Å²) in [6, 6.07) is 3.72. The van der Waals surface area contributed by atoms with Crippen molar-refractivity contribution in [2.75, 3.05) is 0 Å². The Morgan fingerprint density at radius 3 is 2.93 bits per heavy atom. The van der Waals surface area contributed by atoms with Crippen LogP contribution in [0.1, 0.15) is 15.4 Å². The fourth-order valence-electron chi connectivity index (χ4n) is 1.43. The Labute approximate surface area is 92.0 Å². The van der Waals surface area contributed by atoms with Crippen molar-refractivity contribution in [2.24, 2.45) is 0 Å². The predicted molar refractivity (Wildman–Crippen MR) is 61.4 cm³/mol.